The lowest BCUT2D eigenvalue weighted by atomic mass is 9.86. The van der Waals surface area contributed by atoms with Crippen molar-refractivity contribution >= 4 is 5.97 Å². The molecular weight excluding hydrogens is 226 g/mol. The van der Waals surface area contributed by atoms with Crippen LogP contribution in [0.25, 0.3) is 0 Å². The molecule has 106 valence electrons. The lowest BCUT2D eigenvalue weighted by molar-refractivity contribution is -0.163. The summed E-state index contributed by atoms with van der Waals surface area (Å²) in [6.07, 6.45) is 7.90. The number of nitrogens with zero attached hydrogens (tertiary/aromatic N) is 1. The molecule has 0 N–H and O–H groups in total. The largest absolute Gasteiger partial charge is 0.459 e. The van der Waals surface area contributed by atoms with Gasteiger partial charge in [0.2, 0.25) is 0 Å². The quantitative estimate of drug-likeness (QED) is 0.653. The van der Waals surface area contributed by atoms with E-state index in [2.05, 4.69) is 18.7 Å². The van der Waals surface area contributed by atoms with Crippen LogP contribution in [0.15, 0.2) is 0 Å². The molecule has 0 spiro atoms. The molecule has 0 aromatic rings. The lowest BCUT2D eigenvalue weighted by Gasteiger charge is -2.41. The first-order valence-corrected chi connectivity index (χ1v) is 7.54. The van der Waals surface area contributed by atoms with E-state index in [9.17, 15) is 4.79 Å². The molecule has 1 fully saturated rings. The van der Waals surface area contributed by atoms with Crippen molar-refractivity contribution in [3.05, 3.63) is 0 Å². The number of rotatable bonds is 7. The molecule has 0 radical (unpaired) electrons. The Labute approximate surface area is 112 Å². The summed E-state index contributed by atoms with van der Waals surface area (Å²) < 4.78 is 5.67. The summed E-state index contributed by atoms with van der Waals surface area (Å²) in [7, 11) is 0. The molecular formula is C15H29NO2. The Hall–Kier alpha value is -0.570. The van der Waals surface area contributed by atoms with Crippen LogP contribution in [0.1, 0.15) is 65.7 Å². The summed E-state index contributed by atoms with van der Waals surface area (Å²) in [6.45, 7) is 9.32. The number of carbonyl (C=O) groups excluding carboxylic acids is 1. The smallest absolute Gasteiger partial charge is 0.303 e. The Morgan fingerprint density at radius 3 is 2.28 bits per heavy atom. The van der Waals surface area contributed by atoms with Gasteiger partial charge in [0.05, 0.1) is 0 Å². The minimum Gasteiger partial charge on any atom is -0.459 e. The Balaban J connectivity index is 2.47. The minimum atomic E-state index is -0.162. The van der Waals surface area contributed by atoms with Crippen LogP contribution in [0, 0.1) is 0 Å². The molecule has 3 heteroatoms. The number of hydrogen-bond acceptors (Lipinski definition) is 3. The highest BCUT2D eigenvalue weighted by molar-refractivity contribution is 5.66. The zero-order chi connectivity index (χ0) is 13.4. The van der Waals surface area contributed by atoms with Crippen molar-refractivity contribution in [3.63, 3.8) is 0 Å². The summed E-state index contributed by atoms with van der Waals surface area (Å²) >= 11 is 0. The van der Waals surface area contributed by atoms with Crippen LogP contribution in [-0.4, -0.2) is 36.1 Å². The molecule has 1 saturated heterocycles. The topological polar surface area (TPSA) is 29.5 Å². The summed E-state index contributed by atoms with van der Waals surface area (Å²) in [5.41, 5.74) is -0.162. The van der Waals surface area contributed by atoms with Gasteiger partial charge in [-0.05, 0) is 38.6 Å². The van der Waals surface area contributed by atoms with Gasteiger partial charge in [-0.3, -0.25) is 4.79 Å². The van der Waals surface area contributed by atoms with E-state index in [0.717, 1.165) is 38.8 Å². The fraction of sp³-hybridized carbons (Fsp3) is 0.933. The number of ether oxygens (including phenoxy) is 1. The average molecular weight is 255 g/mol. The van der Waals surface area contributed by atoms with E-state index in [1.165, 1.54) is 32.7 Å². The highest BCUT2D eigenvalue weighted by Gasteiger charge is 2.36. The zero-order valence-electron chi connectivity index (χ0n) is 12.3. The summed E-state index contributed by atoms with van der Waals surface area (Å²) in [6, 6.07) is 0. The normalized spacial score (nSPS) is 19.7. The Kier molecular flexibility index (Phi) is 6.69. The van der Waals surface area contributed by atoms with Crippen molar-refractivity contribution in [2.45, 2.75) is 71.3 Å². The summed E-state index contributed by atoms with van der Waals surface area (Å²) in [4.78, 5) is 13.8. The fourth-order valence-corrected chi connectivity index (χ4v) is 2.77. The van der Waals surface area contributed by atoms with Crippen LogP contribution in [0.2, 0.25) is 0 Å². The van der Waals surface area contributed by atoms with Gasteiger partial charge in [-0.2, -0.15) is 0 Å². The predicted octanol–water partition coefficient (Wildman–Crippen LogP) is 3.37. The predicted molar refractivity (Wildman–Crippen MR) is 74.6 cm³/mol. The highest BCUT2D eigenvalue weighted by Crippen LogP contribution is 2.32. The molecule has 3 nitrogen and oxygen atoms in total. The number of unbranched alkanes of at least 4 members (excludes halogenated alkanes) is 2. The van der Waals surface area contributed by atoms with E-state index in [4.69, 9.17) is 4.74 Å². The molecule has 18 heavy (non-hydrogen) atoms. The Morgan fingerprint density at radius 2 is 1.78 bits per heavy atom. The molecule has 0 aromatic carbocycles. The molecule has 0 saturated carbocycles. The second-order valence-corrected chi connectivity index (χ2v) is 5.58. The maximum absolute atomic E-state index is 11.3. The first kappa shape index (κ1) is 15.5. The van der Waals surface area contributed by atoms with Gasteiger partial charge in [0.25, 0.3) is 0 Å². The molecule has 0 atom stereocenters. The first-order valence-electron chi connectivity index (χ1n) is 7.54. The molecule has 0 amide bonds. The van der Waals surface area contributed by atoms with E-state index >= 15 is 0 Å². The monoisotopic (exact) mass is 255 g/mol. The van der Waals surface area contributed by atoms with Gasteiger partial charge in [-0.25, -0.2) is 0 Å². The third-order valence-electron chi connectivity index (χ3n) is 3.94. The number of hydrogen-bond donors (Lipinski definition) is 0. The third kappa shape index (κ3) is 4.97. The second kappa shape index (κ2) is 7.78. The van der Waals surface area contributed by atoms with Crippen molar-refractivity contribution in [2.75, 3.05) is 19.6 Å². The maximum Gasteiger partial charge on any atom is 0.303 e. The van der Waals surface area contributed by atoms with Crippen molar-refractivity contribution in [1.82, 2.24) is 4.90 Å². The van der Waals surface area contributed by atoms with Gasteiger partial charge in [-0.15, -0.1) is 0 Å². The number of piperidine rings is 1. The van der Waals surface area contributed by atoms with E-state index in [1.807, 2.05) is 0 Å². The zero-order valence-corrected chi connectivity index (χ0v) is 12.3. The van der Waals surface area contributed by atoms with Crippen LogP contribution < -0.4 is 0 Å². The van der Waals surface area contributed by atoms with Crippen molar-refractivity contribution < 1.29 is 9.53 Å². The number of esters is 1. The molecule has 0 aromatic heterocycles. The van der Waals surface area contributed by atoms with Gasteiger partial charge in [0, 0.05) is 20.0 Å². The second-order valence-electron chi connectivity index (χ2n) is 5.58. The van der Waals surface area contributed by atoms with E-state index in [-0.39, 0.29) is 11.6 Å². The van der Waals surface area contributed by atoms with Crippen LogP contribution in [0.4, 0.5) is 0 Å². The average Bonchev–Trinajstić information content (AvgIpc) is 2.35. The first-order chi connectivity index (χ1) is 8.62. The Bertz CT molecular complexity index is 245. The fourth-order valence-electron chi connectivity index (χ4n) is 2.77. The highest BCUT2D eigenvalue weighted by atomic mass is 16.6. The SMILES string of the molecule is CCCCN1CCC(CCCC)(OC(C)=O)CC1. The molecule has 1 aliphatic rings. The molecule has 0 bridgehead atoms. The molecule has 0 aliphatic carbocycles. The van der Waals surface area contributed by atoms with E-state index in [1.54, 1.807) is 0 Å². The van der Waals surface area contributed by atoms with Crippen LogP contribution in [0.3, 0.4) is 0 Å². The molecule has 1 rings (SSSR count). The van der Waals surface area contributed by atoms with Crippen LogP contribution in [0.5, 0.6) is 0 Å². The van der Waals surface area contributed by atoms with Crippen molar-refractivity contribution in [3.8, 4) is 0 Å². The van der Waals surface area contributed by atoms with Crippen LogP contribution in [-0.2, 0) is 9.53 Å². The number of carbonyl (C=O) groups is 1. The van der Waals surface area contributed by atoms with Gasteiger partial charge in [0.15, 0.2) is 0 Å². The third-order valence-corrected chi connectivity index (χ3v) is 3.94. The molecule has 0 unspecified atom stereocenters. The van der Waals surface area contributed by atoms with Gasteiger partial charge in [0.1, 0.15) is 5.60 Å². The minimum absolute atomic E-state index is 0.117. The maximum atomic E-state index is 11.3. The van der Waals surface area contributed by atoms with E-state index < -0.39 is 0 Å². The molecule has 1 heterocycles. The van der Waals surface area contributed by atoms with Gasteiger partial charge >= 0.3 is 5.97 Å². The van der Waals surface area contributed by atoms with E-state index in [0.29, 0.717) is 0 Å². The van der Waals surface area contributed by atoms with Crippen molar-refractivity contribution in [2.24, 2.45) is 0 Å². The Morgan fingerprint density at radius 1 is 1.17 bits per heavy atom. The van der Waals surface area contributed by atoms with Crippen molar-refractivity contribution in [1.29, 1.82) is 0 Å². The lowest BCUT2D eigenvalue weighted by Crippen LogP contribution is -2.47. The number of likely N-dealkylation sites (tertiary alicyclic amines) is 1. The molecule has 1 aliphatic heterocycles. The summed E-state index contributed by atoms with van der Waals surface area (Å²) in [5.74, 6) is -0.117. The van der Waals surface area contributed by atoms with Crippen LogP contribution >= 0.6 is 0 Å². The standard InChI is InChI=1S/C15H29NO2/c1-4-6-8-15(18-14(3)17)9-12-16(13-10-15)11-7-5-2/h4-13H2,1-3H3. The van der Waals surface area contributed by atoms with Gasteiger partial charge in [-0.1, -0.05) is 26.7 Å². The van der Waals surface area contributed by atoms with Gasteiger partial charge < -0.3 is 9.64 Å². The summed E-state index contributed by atoms with van der Waals surface area (Å²) in [5, 5.41) is 0.